The van der Waals surface area contributed by atoms with Gasteiger partial charge in [-0.05, 0) is 54.9 Å². The Balaban J connectivity index is 2.05. The van der Waals surface area contributed by atoms with Crippen LogP contribution in [-0.2, 0) is 0 Å². The number of hydrogen-bond acceptors (Lipinski definition) is 1. The Kier molecular flexibility index (Phi) is 4.85. The van der Waals surface area contributed by atoms with Gasteiger partial charge in [-0.2, -0.15) is 0 Å². The largest absolute Gasteiger partial charge is 0.388 e. The summed E-state index contributed by atoms with van der Waals surface area (Å²) in [6.45, 7) is 4.36. The highest BCUT2D eigenvalue weighted by atomic mass is 79.9. The number of rotatable bonds is 3. The minimum atomic E-state index is -0.293. The highest BCUT2D eigenvalue weighted by Gasteiger charge is 2.26. The van der Waals surface area contributed by atoms with Gasteiger partial charge in [-0.15, -0.1) is 0 Å². The van der Waals surface area contributed by atoms with E-state index in [4.69, 9.17) is 0 Å². The third-order valence-electron chi connectivity index (χ3n) is 4.32. The third-order valence-corrected chi connectivity index (χ3v) is 4.78. The van der Waals surface area contributed by atoms with Gasteiger partial charge >= 0.3 is 0 Å². The number of aliphatic hydroxyl groups is 1. The fraction of sp³-hybridized carbons (Fsp3) is 0.625. The highest BCUT2D eigenvalue weighted by Crippen LogP contribution is 2.38. The lowest BCUT2D eigenvalue weighted by atomic mass is 9.77. The van der Waals surface area contributed by atoms with Gasteiger partial charge in [0.2, 0.25) is 0 Å². The molecule has 1 aliphatic carbocycles. The summed E-state index contributed by atoms with van der Waals surface area (Å²) in [7, 11) is 0. The molecule has 2 heteroatoms. The van der Waals surface area contributed by atoms with Gasteiger partial charge in [0.15, 0.2) is 0 Å². The van der Waals surface area contributed by atoms with Crippen LogP contribution in [0.5, 0.6) is 0 Å². The quantitative estimate of drug-likeness (QED) is 0.832. The molecular weight excluding hydrogens is 288 g/mol. The molecule has 1 unspecified atom stereocenters. The normalized spacial score (nSPS) is 26.0. The van der Waals surface area contributed by atoms with Crippen molar-refractivity contribution in [2.45, 2.75) is 52.1 Å². The third kappa shape index (κ3) is 3.36. The Morgan fingerprint density at radius 2 is 1.89 bits per heavy atom. The van der Waals surface area contributed by atoms with Gasteiger partial charge in [-0.25, -0.2) is 0 Å². The zero-order chi connectivity index (χ0) is 13.1. The summed E-state index contributed by atoms with van der Waals surface area (Å²) in [6.07, 6.45) is 5.91. The van der Waals surface area contributed by atoms with Crippen molar-refractivity contribution in [3.8, 4) is 0 Å². The zero-order valence-corrected chi connectivity index (χ0v) is 12.9. The predicted molar refractivity (Wildman–Crippen MR) is 79.6 cm³/mol. The minimum Gasteiger partial charge on any atom is -0.388 e. The van der Waals surface area contributed by atoms with Crippen molar-refractivity contribution < 1.29 is 5.11 Å². The van der Waals surface area contributed by atoms with Crippen LogP contribution in [-0.4, -0.2) is 5.11 Å². The van der Waals surface area contributed by atoms with Crippen LogP contribution in [0.3, 0.4) is 0 Å². The topological polar surface area (TPSA) is 20.2 Å². The first-order valence-corrected chi connectivity index (χ1v) is 7.84. The first-order valence-electron chi connectivity index (χ1n) is 7.05. The molecule has 0 aromatic heterocycles. The van der Waals surface area contributed by atoms with Crippen LogP contribution in [0.2, 0.25) is 0 Å². The monoisotopic (exact) mass is 310 g/mol. The Labute approximate surface area is 119 Å². The molecule has 1 aromatic rings. The van der Waals surface area contributed by atoms with Crippen molar-refractivity contribution in [2.24, 2.45) is 11.8 Å². The molecule has 0 heterocycles. The molecule has 0 saturated heterocycles. The Morgan fingerprint density at radius 3 is 2.44 bits per heavy atom. The number of benzene rings is 1. The molecule has 1 N–H and O–H groups in total. The maximum atomic E-state index is 10.5. The second-order valence-corrected chi connectivity index (χ2v) is 6.61. The fourth-order valence-electron chi connectivity index (χ4n) is 3.12. The van der Waals surface area contributed by atoms with Crippen molar-refractivity contribution in [3.63, 3.8) is 0 Å². The molecule has 18 heavy (non-hydrogen) atoms. The van der Waals surface area contributed by atoms with E-state index in [-0.39, 0.29) is 6.10 Å². The van der Waals surface area contributed by atoms with Crippen molar-refractivity contribution in [3.05, 3.63) is 33.8 Å². The van der Waals surface area contributed by atoms with Crippen molar-refractivity contribution in [1.82, 2.24) is 0 Å². The van der Waals surface area contributed by atoms with Crippen molar-refractivity contribution in [2.75, 3.05) is 0 Å². The molecule has 0 radical (unpaired) electrons. The van der Waals surface area contributed by atoms with Crippen molar-refractivity contribution >= 4 is 15.9 Å². The number of aliphatic hydroxyl groups excluding tert-OH is 1. The Hall–Kier alpha value is -0.340. The predicted octanol–water partition coefficient (Wildman–Crippen LogP) is 5.01. The number of halogens is 1. The molecule has 0 bridgehead atoms. The lowest BCUT2D eigenvalue weighted by molar-refractivity contribution is 0.0728. The molecular formula is C16H23BrO. The zero-order valence-electron chi connectivity index (χ0n) is 11.3. The van der Waals surface area contributed by atoms with Gasteiger partial charge in [-0.1, -0.05) is 48.2 Å². The van der Waals surface area contributed by atoms with E-state index < -0.39 is 0 Å². The van der Waals surface area contributed by atoms with Gasteiger partial charge in [0.05, 0.1) is 6.10 Å². The molecule has 1 saturated carbocycles. The molecule has 1 aromatic carbocycles. The summed E-state index contributed by atoms with van der Waals surface area (Å²) in [5, 5.41) is 10.5. The van der Waals surface area contributed by atoms with E-state index in [0.29, 0.717) is 5.92 Å². The molecule has 1 aliphatic rings. The lowest BCUT2D eigenvalue weighted by Crippen LogP contribution is -2.20. The van der Waals surface area contributed by atoms with Crippen LogP contribution in [0.15, 0.2) is 22.7 Å². The van der Waals surface area contributed by atoms with Crippen molar-refractivity contribution in [1.29, 1.82) is 0 Å². The van der Waals surface area contributed by atoms with E-state index in [1.54, 1.807) is 0 Å². The highest BCUT2D eigenvalue weighted by molar-refractivity contribution is 9.10. The molecule has 0 spiro atoms. The fourth-order valence-corrected chi connectivity index (χ4v) is 3.75. The first-order chi connectivity index (χ1) is 8.60. The molecule has 1 atom stereocenters. The van der Waals surface area contributed by atoms with E-state index in [1.807, 2.05) is 0 Å². The van der Waals surface area contributed by atoms with E-state index in [1.165, 1.54) is 37.7 Å². The second kappa shape index (κ2) is 6.21. The van der Waals surface area contributed by atoms with Gasteiger partial charge in [-0.3, -0.25) is 0 Å². The number of aryl methyl sites for hydroxylation is 1. The molecule has 1 fully saturated rings. The van der Waals surface area contributed by atoms with E-state index >= 15 is 0 Å². The summed E-state index contributed by atoms with van der Waals surface area (Å²) in [5.41, 5.74) is 2.28. The summed E-state index contributed by atoms with van der Waals surface area (Å²) in [5.74, 6) is 1.33. The Morgan fingerprint density at radius 1 is 1.22 bits per heavy atom. The average molecular weight is 311 g/mol. The van der Waals surface area contributed by atoms with Crippen LogP contribution in [0, 0.1) is 18.8 Å². The average Bonchev–Trinajstić information content (AvgIpc) is 2.37. The summed E-state index contributed by atoms with van der Waals surface area (Å²) in [4.78, 5) is 0. The summed E-state index contributed by atoms with van der Waals surface area (Å²) in [6, 6.07) is 6.26. The van der Waals surface area contributed by atoms with Gasteiger partial charge in [0, 0.05) is 4.47 Å². The second-order valence-electron chi connectivity index (χ2n) is 5.70. The van der Waals surface area contributed by atoms with Gasteiger partial charge in [0.25, 0.3) is 0 Å². The molecule has 1 nitrogen and oxygen atoms in total. The standard InChI is InChI=1S/C16H23BrO/c1-3-12-4-6-13(7-5-12)16(18)14-8-11(2)9-15(17)10-14/h8-10,12-13,16,18H,3-7H2,1-2H3. The van der Waals surface area contributed by atoms with Crippen LogP contribution in [0.1, 0.15) is 56.3 Å². The minimum absolute atomic E-state index is 0.293. The molecule has 100 valence electrons. The van der Waals surface area contributed by atoms with Crippen LogP contribution < -0.4 is 0 Å². The summed E-state index contributed by atoms with van der Waals surface area (Å²) >= 11 is 3.51. The lowest BCUT2D eigenvalue weighted by Gasteiger charge is -2.31. The van der Waals surface area contributed by atoms with Gasteiger partial charge in [0.1, 0.15) is 0 Å². The Bertz CT molecular complexity index is 374. The van der Waals surface area contributed by atoms with Crippen LogP contribution in [0.4, 0.5) is 0 Å². The van der Waals surface area contributed by atoms with Crippen LogP contribution >= 0.6 is 15.9 Å². The van der Waals surface area contributed by atoms with Crippen LogP contribution in [0.25, 0.3) is 0 Å². The smallest absolute Gasteiger partial charge is 0.0818 e. The molecule has 0 aliphatic heterocycles. The maximum absolute atomic E-state index is 10.5. The summed E-state index contributed by atoms with van der Waals surface area (Å²) < 4.78 is 1.07. The maximum Gasteiger partial charge on any atom is 0.0818 e. The van der Waals surface area contributed by atoms with E-state index in [9.17, 15) is 5.11 Å². The van der Waals surface area contributed by atoms with E-state index in [0.717, 1.165) is 16.0 Å². The SMILES string of the molecule is CCC1CCC(C(O)c2cc(C)cc(Br)c2)CC1. The molecule has 2 rings (SSSR count). The molecule has 0 amide bonds. The van der Waals surface area contributed by atoms with Gasteiger partial charge < -0.3 is 5.11 Å². The first kappa shape index (κ1) is 14.1. The van der Waals surface area contributed by atoms with E-state index in [2.05, 4.69) is 48.0 Å². The number of hydrogen-bond donors (Lipinski definition) is 1.